The van der Waals surface area contributed by atoms with Crippen molar-refractivity contribution in [3.05, 3.63) is 60.1 Å². The van der Waals surface area contributed by atoms with Crippen LogP contribution in [0.4, 0.5) is 26.2 Å². The van der Waals surface area contributed by atoms with Gasteiger partial charge in [-0.25, -0.2) is 23.7 Å². The van der Waals surface area contributed by atoms with Crippen LogP contribution >= 0.6 is 0 Å². The molecule has 0 radical (unpaired) electrons. The molecule has 2 aliphatic heterocycles. The van der Waals surface area contributed by atoms with Crippen molar-refractivity contribution < 1.29 is 13.5 Å². The lowest BCUT2D eigenvalue weighted by Gasteiger charge is -2.32. The number of halogens is 2. The van der Waals surface area contributed by atoms with Crippen molar-refractivity contribution in [3.63, 3.8) is 0 Å². The van der Waals surface area contributed by atoms with Gasteiger partial charge in [0.2, 0.25) is 5.95 Å². The summed E-state index contributed by atoms with van der Waals surface area (Å²) in [4.78, 5) is 17.7. The molecule has 31 heavy (non-hydrogen) atoms. The van der Waals surface area contributed by atoms with Crippen molar-refractivity contribution in [3.8, 4) is 11.1 Å². The van der Waals surface area contributed by atoms with Crippen LogP contribution in [-0.2, 0) is 11.3 Å². The van der Waals surface area contributed by atoms with Gasteiger partial charge in [0.15, 0.2) is 0 Å². The molecule has 1 N–H and O–H groups in total. The van der Waals surface area contributed by atoms with Crippen LogP contribution in [0, 0.1) is 11.6 Å². The maximum atomic E-state index is 14.2. The van der Waals surface area contributed by atoms with E-state index < -0.39 is 11.6 Å². The summed E-state index contributed by atoms with van der Waals surface area (Å²) >= 11 is 0. The van der Waals surface area contributed by atoms with E-state index in [1.54, 1.807) is 18.6 Å². The Hall–Kier alpha value is -3.33. The molecule has 2 aromatic heterocycles. The summed E-state index contributed by atoms with van der Waals surface area (Å²) in [5.41, 5.74) is 2.86. The third kappa shape index (κ3) is 4.13. The Bertz CT molecular complexity index is 1070. The van der Waals surface area contributed by atoms with Gasteiger partial charge >= 0.3 is 0 Å². The number of nitrogens with zero attached hydrogens (tertiary/aromatic N) is 5. The maximum absolute atomic E-state index is 14.2. The van der Waals surface area contributed by atoms with Gasteiger partial charge in [0.25, 0.3) is 0 Å². The van der Waals surface area contributed by atoms with Gasteiger partial charge in [-0.3, -0.25) is 0 Å². The Balaban J connectivity index is 1.41. The van der Waals surface area contributed by atoms with E-state index in [-0.39, 0.29) is 6.54 Å². The summed E-state index contributed by atoms with van der Waals surface area (Å²) in [5, 5.41) is 3.26. The summed E-state index contributed by atoms with van der Waals surface area (Å²) < 4.78 is 33.2. The predicted octanol–water partition coefficient (Wildman–Crippen LogP) is 3.09. The van der Waals surface area contributed by atoms with Gasteiger partial charge in [-0.15, -0.1) is 0 Å². The lowest BCUT2D eigenvalue weighted by molar-refractivity contribution is 0.122. The van der Waals surface area contributed by atoms with Crippen LogP contribution in [0.5, 0.6) is 0 Å². The average molecular weight is 424 g/mol. The fourth-order valence-electron chi connectivity index (χ4n) is 3.85. The Morgan fingerprint density at radius 3 is 2.52 bits per heavy atom. The normalized spacial score (nSPS) is 16.1. The van der Waals surface area contributed by atoms with Crippen molar-refractivity contribution in [2.75, 3.05) is 54.5 Å². The molecule has 0 bridgehead atoms. The van der Waals surface area contributed by atoms with Gasteiger partial charge < -0.3 is 19.9 Å². The predicted molar refractivity (Wildman–Crippen MR) is 114 cm³/mol. The standard InChI is InChI=1S/C22H22F2N6O/c23-18-1-2-19(24)16(9-18)14-30-4-3-25-21-20(30)10-15(11-26-21)17-12-27-22(28-13-17)29-5-7-31-8-6-29/h1-2,9-13H,3-8,14H2,(H,25,26). The molecule has 1 saturated heterocycles. The van der Waals surface area contributed by atoms with Crippen LogP contribution in [-0.4, -0.2) is 54.3 Å². The summed E-state index contributed by atoms with van der Waals surface area (Å²) in [7, 11) is 0. The van der Waals surface area contributed by atoms with Gasteiger partial charge in [0.1, 0.15) is 17.5 Å². The first-order valence-corrected chi connectivity index (χ1v) is 10.3. The molecule has 0 unspecified atom stereocenters. The van der Waals surface area contributed by atoms with Crippen LogP contribution in [0.1, 0.15) is 5.56 Å². The summed E-state index contributed by atoms with van der Waals surface area (Å²) in [6.07, 6.45) is 5.34. The number of fused-ring (bicyclic) bond motifs is 1. The minimum Gasteiger partial charge on any atom is -0.378 e. The molecular formula is C22H22F2N6O. The fourth-order valence-corrected chi connectivity index (χ4v) is 3.85. The highest BCUT2D eigenvalue weighted by molar-refractivity contribution is 5.75. The quantitative estimate of drug-likeness (QED) is 0.690. The second kappa shape index (κ2) is 8.43. The Kier molecular flexibility index (Phi) is 5.33. The number of pyridine rings is 1. The maximum Gasteiger partial charge on any atom is 0.225 e. The SMILES string of the molecule is Fc1ccc(F)c(CN2CCNc3ncc(-c4cnc(N5CCOCC5)nc4)cc32)c1. The number of nitrogens with one attached hydrogen (secondary N) is 1. The van der Waals surface area contributed by atoms with Crippen LogP contribution in [0.2, 0.25) is 0 Å². The fraction of sp³-hybridized carbons (Fsp3) is 0.318. The molecule has 0 amide bonds. The second-order valence-electron chi connectivity index (χ2n) is 7.55. The molecule has 2 aliphatic rings. The molecule has 1 aromatic carbocycles. The number of aromatic nitrogens is 3. The lowest BCUT2D eigenvalue weighted by Crippen LogP contribution is -2.37. The van der Waals surface area contributed by atoms with Crippen LogP contribution in [0.15, 0.2) is 42.9 Å². The molecular weight excluding hydrogens is 402 g/mol. The van der Waals surface area contributed by atoms with Gasteiger partial charge in [-0.1, -0.05) is 0 Å². The van der Waals surface area contributed by atoms with Crippen molar-refractivity contribution >= 4 is 17.5 Å². The van der Waals surface area contributed by atoms with E-state index in [0.29, 0.717) is 37.8 Å². The monoisotopic (exact) mass is 424 g/mol. The van der Waals surface area contributed by atoms with E-state index in [1.807, 2.05) is 11.0 Å². The molecule has 5 rings (SSSR count). The molecule has 0 atom stereocenters. The second-order valence-corrected chi connectivity index (χ2v) is 7.55. The number of anilines is 3. The highest BCUT2D eigenvalue weighted by Gasteiger charge is 2.21. The zero-order valence-corrected chi connectivity index (χ0v) is 16.9. The van der Waals surface area contributed by atoms with Crippen molar-refractivity contribution in [2.45, 2.75) is 6.54 Å². The van der Waals surface area contributed by atoms with Crippen LogP contribution in [0.3, 0.4) is 0 Å². The number of ether oxygens (including phenoxy) is 1. The number of hydrogen-bond acceptors (Lipinski definition) is 7. The number of morpholine rings is 1. The van der Waals surface area contributed by atoms with Crippen molar-refractivity contribution in [1.29, 1.82) is 0 Å². The molecule has 9 heteroatoms. The Morgan fingerprint density at radius 2 is 1.71 bits per heavy atom. The smallest absolute Gasteiger partial charge is 0.225 e. The highest BCUT2D eigenvalue weighted by Crippen LogP contribution is 2.33. The molecule has 0 spiro atoms. The molecule has 0 saturated carbocycles. The molecule has 7 nitrogen and oxygen atoms in total. The number of benzene rings is 1. The largest absolute Gasteiger partial charge is 0.378 e. The lowest BCUT2D eigenvalue weighted by atomic mass is 10.1. The first-order chi connectivity index (χ1) is 15.2. The van der Waals surface area contributed by atoms with E-state index in [4.69, 9.17) is 4.74 Å². The van der Waals surface area contributed by atoms with Gasteiger partial charge in [0, 0.05) is 68.0 Å². The topological polar surface area (TPSA) is 66.4 Å². The molecule has 4 heterocycles. The van der Waals surface area contributed by atoms with E-state index >= 15 is 0 Å². The molecule has 1 fully saturated rings. The Morgan fingerprint density at radius 1 is 0.935 bits per heavy atom. The molecule has 0 aliphatic carbocycles. The Labute approximate surface area is 178 Å². The molecule has 3 aromatic rings. The van der Waals surface area contributed by atoms with Gasteiger partial charge in [0.05, 0.1) is 18.9 Å². The molecule has 160 valence electrons. The van der Waals surface area contributed by atoms with E-state index in [1.165, 1.54) is 6.07 Å². The van der Waals surface area contributed by atoms with E-state index in [9.17, 15) is 8.78 Å². The van der Waals surface area contributed by atoms with Crippen LogP contribution in [0.25, 0.3) is 11.1 Å². The minimum atomic E-state index is -0.448. The van der Waals surface area contributed by atoms with Gasteiger partial charge in [-0.05, 0) is 24.3 Å². The van der Waals surface area contributed by atoms with E-state index in [2.05, 4.69) is 25.2 Å². The zero-order valence-electron chi connectivity index (χ0n) is 16.9. The summed E-state index contributed by atoms with van der Waals surface area (Å²) in [6, 6.07) is 5.52. The average Bonchev–Trinajstić information content (AvgIpc) is 2.82. The number of hydrogen-bond donors (Lipinski definition) is 1. The summed E-state index contributed by atoms with van der Waals surface area (Å²) in [6.45, 7) is 4.49. The van der Waals surface area contributed by atoms with Crippen LogP contribution < -0.4 is 15.1 Å². The zero-order chi connectivity index (χ0) is 21.2. The minimum absolute atomic E-state index is 0.260. The highest BCUT2D eigenvalue weighted by atomic mass is 19.1. The van der Waals surface area contributed by atoms with Crippen molar-refractivity contribution in [2.24, 2.45) is 0 Å². The van der Waals surface area contributed by atoms with Gasteiger partial charge in [-0.2, -0.15) is 0 Å². The first-order valence-electron chi connectivity index (χ1n) is 10.3. The summed E-state index contributed by atoms with van der Waals surface area (Å²) in [5.74, 6) is 0.536. The van der Waals surface area contributed by atoms with E-state index in [0.717, 1.165) is 47.9 Å². The third-order valence-electron chi connectivity index (χ3n) is 5.52. The number of rotatable bonds is 4. The third-order valence-corrected chi connectivity index (χ3v) is 5.52. The van der Waals surface area contributed by atoms with Crippen molar-refractivity contribution in [1.82, 2.24) is 15.0 Å². The first kappa shape index (κ1) is 19.6.